The highest BCUT2D eigenvalue weighted by Gasteiger charge is 2.15. The van der Waals surface area contributed by atoms with E-state index in [2.05, 4.69) is 11.9 Å². The van der Waals surface area contributed by atoms with E-state index in [1.54, 1.807) is 0 Å². The maximum absolute atomic E-state index is 11.5. The average Bonchev–Trinajstić information content (AvgIpc) is 2.42. The molecule has 0 bridgehead atoms. The van der Waals surface area contributed by atoms with Gasteiger partial charge in [-0.1, -0.05) is 5.57 Å². The molecule has 86 valence electrons. The molecule has 0 atom stereocenters. The van der Waals surface area contributed by atoms with Crippen LogP contribution in [0.4, 0.5) is 0 Å². The van der Waals surface area contributed by atoms with E-state index in [1.807, 2.05) is 13.8 Å². The maximum atomic E-state index is 11.5. The van der Waals surface area contributed by atoms with Gasteiger partial charge in [-0.3, -0.25) is 0 Å². The standard InChI is InChI=1S/C12H21NO2/c1-4-15-12(14)10(2)11-6-5-8-13(3)9-7-11/h4-9H2,1-3H3. The van der Waals surface area contributed by atoms with Crippen molar-refractivity contribution in [2.75, 3.05) is 26.7 Å². The van der Waals surface area contributed by atoms with E-state index in [4.69, 9.17) is 4.74 Å². The van der Waals surface area contributed by atoms with Crippen molar-refractivity contribution in [1.82, 2.24) is 4.90 Å². The number of nitrogens with zero attached hydrogens (tertiary/aromatic N) is 1. The summed E-state index contributed by atoms with van der Waals surface area (Å²) in [6.45, 7) is 6.37. The molecule has 0 spiro atoms. The van der Waals surface area contributed by atoms with Gasteiger partial charge in [0.05, 0.1) is 6.61 Å². The first kappa shape index (κ1) is 12.2. The van der Waals surface area contributed by atoms with Crippen LogP contribution in [0.3, 0.4) is 0 Å². The number of likely N-dealkylation sites (tertiary alicyclic amines) is 1. The zero-order valence-electron chi connectivity index (χ0n) is 10.0. The summed E-state index contributed by atoms with van der Waals surface area (Å²) in [5.41, 5.74) is 2.10. The van der Waals surface area contributed by atoms with E-state index in [0.29, 0.717) is 6.61 Å². The summed E-state index contributed by atoms with van der Waals surface area (Å²) in [7, 11) is 2.13. The summed E-state index contributed by atoms with van der Waals surface area (Å²) in [5, 5.41) is 0. The highest BCUT2D eigenvalue weighted by Crippen LogP contribution is 2.20. The Kier molecular flexibility index (Phi) is 4.82. The van der Waals surface area contributed by atoms with Gasteiger partial charge in [-0.25, -0.2) is 4.79 Å². The lowest BCUT2D eigenvalue weighted by Crippen LogP contribution is -2.18. The highest BCUT2D eigenvalue weighted by molar-refractivity contribution is 5.88. The summed E-state index contributed by atoms with van der Waals surface area (Å²) in [6, 6.07) is 0. The van der Waals surface area contributed by atoms with Gasteiger partial charge in [0.1, 0.15) is 0 Å². The molecule has 1 aliphatic rings. The minimum absolute atomic E-state index is 0.142. The first-order valence-electron chi connectivity index (χ1n) is 5.69. The summed E-state index contributed by atoms with van der Waals surface area (Å²) in [6.07, 6.45) is 3.18. The number of ether oxygens (including phenoxy) is 1. The van der Waals surface area contributed by atoms with E-state index < -0.39 is 0 Å². The molecule has 0 aromatic heterocycles. The van der Waals surface area contributed by atoms with Crippen molar-refractivity contribution in [2.45, 2.75) is 33.1 Å². The zero-order chi connectivity index (χ0) is 11.3. The summed E-state index contributed by atoms with van der Waals surface area (Å²) in [5.74, 6) is -0.142. The average molecular weight is 211 g/mol. The van der Waals surface area contributed by atoms with Crippen molar-refractivity contribution in [3.05, 3.63) is 11.1 Å². The number of esters is 1. The predicted molar refractivity (Wildman–Crippen MR) is 60.7 cm³/mol. The molecule has 0 radical (unpaired) electrons. The van der Waals surface area contributed by atoms with Gasteiger partial charge < -0.3 is 9.64 Å². The third-order valence-electron chi connectivity index (χ3n) is 2.93. The number of hydrogen-bond acceptors (Lipinski definition) is 3. The second-order valence-electron chi connectivity index (χ2n) is 4.11. The number of carbonyl (C=O) groups excluding carboxylic acids is 1. The first-order chi connectivity index (χ1) is 7.15. The lowest BCUT2D eigenvalue weighted by molar-refractivity contribution is -0.138. The van der Waals surface area contributed by atoms with Gasteiger partial charge in [0, 0.05) is 12.1 Å². The van der Waals surface area contributed by atoms with Crippen LogP contribution < -0.4 is 0 Å². The van der Waals surface area contributed by atoms with Gasteiger partial charge in [-0.05, 0) is 46.7 Å². The number of rotatable bonds is 2. The van der Waals surface area contributed by atoms with Gasteiger partial charge >= 0.3 is 5.97 Å². The maximum Gasteiger partial charge on any atom is 0.333 e. The van der Waals surface area contributed by atoms with Crippen LogP contribution in [0.5, 0.6) is 0 Å². The second kappa shape index (κ2) is 5.91. The molecule has 0 amide bonds. The van der Waals surface area contributed by atoms with Crippen LogP contribution in [0, 0.1) is 0 Å². The van der Waals surface area contributed by atoms with E-state index in [-0.39, 0.29) is 5.97 Å². The smallest absolute Gasteiger partial charge is 0.333 e. The lowest BCUT2D eigenvalue weighted by Gasteiger charge is -2.11. The molecule has 0 aliphatic carbocycles. The Morgan fingerprint density at radius 2 is 2.13 bits per heavy atom. The fraction of sp³-hybridized carbons (Fsp3) is 0.750. The second-order valence-corrected chi connectivity index (χ2v) is 4.11. The normalized spacial score (nSPS) is 22.1. The minimum atomic E-state index is -0.142. The van der Waals surface area contributed by atoms with Crippen molar-refractivity contribution >= 4 is 5.97 Å². The van der Waals surface area contributed by atoms with Gasteiger partial charge in [-0.15, -0.1) is 0 Å². The molecule has 0 saturated carbocycles. The molecule has 0 unspecified atom stereocenters. The third kappa shape index (κ3) is 3.67. The quantitative estimate of drug-likeness (QED) is 0.516. The van der Waals surface area contributed by atoms with Crippen molar-refractivity contribution in [1.29, 1.82) is 0 Å². The molecule has 1 rings (SSSR count). The fourth-order valence-electron chi connectivity index (χ4n) is 1.88. The van der Waals surface area contributed by atoms with Crippen LogP contribution in [0.15, 0.2) is 11.1 Å². The molecule has 3 nitrogen and oxygen atoms in total. The fourth-order valence-corrected chi connectivity index (χ4v) is 1.88. The summed E-state index contributed by atoms with van der Waals surface area (Å²) < 4.78 is 5.01. The molecule has 1 saturated heterocycles. The summed E-state index contributed by atoms with van der Waals surface area (Å²) in [4.78, 5) is 13.9. The molecule has 0 N–H and O–H groups in total. The predicted octanol–water partition coefficient (Wildman–Crippen LogP) is 1.98. The minimum Gasteiger partial charge on any atom is -0.463 e. The van der Waals surface area contributed by atoms with E-state index in [1.165, 1.54) is 5.57 Å². The van der Waals surface area contributed by atoms with Crippen LogP contribution in [-0.2, 0) is 9.53 Å². The Morgan fingerprint density at radius 3 is 2.80 bits per heavy atom. The van der Waals surface area contributed by atoms with E-state index in [0.717, 1.165) is 37.9 Å². The van der Waals surface area contributed by atoms with Crippen LogP contribution >= 0.6 is 0 Å². The Hall–Kier alpha value is -0.830. The molecule has 0 aromatic rings. The van der Waals surface area contributed by atoms with Gasteiger partial charge in [0.2, 0.25) is 0 Å². The van der Waals surface area contributed by atoms with Crippen LogP contribution in [0.2, 0.25) is 0 Å². The topological polar surface area (TPSA) is 29.5 Å². The van der Waals surface area contributed by atoms with Crippen LogP contribution in [0.1, 0.15) is 33.1 Å². The molecule has 1 heterocycles. The Morgan fingerprint density at radius 1 is 1.40 bits per heavy atom. The van der Waals surface area contributed by atoms with E-state index >= 15 is 0 Å². The zero-order valence-corrected chi connectivity index (χ0v) is 10.0. The third-order valence-corrected chi connectivity index (χ3v) is 2.93. The monoisotopic (exact) mass is 211 g/mol. The molecule has 1 fully saturated rings. The highest BCUT2D eigenvalue weighted by atomic mass is 16.5. The van der Waals surface area contributed by atoms with Crippen molar-refractivity contribution < 1.29 is 9.53 Å². The SMILES string of the molecule is CCOC(=O)C(C)=C1CCCN(C)CC1. The van der Waals surface area contributed by atoms with E-state index in [9.17, 15) is 4.79 Å². The first-order valence-corrected chi connectivity index (χ1v) is 5.69. The molecule has 15 heavy (non-hydrogen) atoms. The Bertz CT molecular complexity index is 258. The molecular weight excluding hydrogens is 190 g/mol. The van der Waals surface area contributed by atoms with Crippen molar-refractivity contribution in [3.63, 3.8) is 0 Å². The van der Waals surface area contributed by atoms with Gasteiger partial charge in [-0.2, -0.15) is 0 Å². The molecule has 0 aromatic carbocycles. The molecule has 3 heteroatoms. The van der Waals surface area contributed by atoms with Crippen molar-refractivity contribution in [2.24, 2.45) is 0 Å². The largest absolute Gasteiger partial charge is 0.463 e. The molecule has 1 aliphatic heterocycles. The van der Waals surface area contributed by atoms with Gasteiger partial charge in [0.15, 0.2) is 0 Å². The number of hydrogen-bond donors (Lipinski definition) is 0. The number of carbonyl (C=O) groups is 1. The Balaban J connectivity index is 2.66. The van der Waals surface area contributed by atoms with Crippen LogP contribution in [-0.4, -0.2) is 37.6 Å². The van der Waals surface area contributed by atoms with Gasteiger partial charge in [0.25, 0.3) is 0 Å². The summed E-state index contributed by atoms with van der Waals surface area (Å²) >= 11 is 0. The van der Waals surface area contributed by atoms with Crippen LogP contribution in [0.25, 0.3) is 0 Å². The van der Waals surface area contributed by atoms with Crippen molar-refractivity contribution in [3.8, 4) is 0 Å². The molecular formula is C12H21NO2. The lowest BCUT2D eigenvalue weighted by atomic mass is 10.0. The Labute approximate surface area is 92.1 Å².